The average Bonchev–Trinajstić information content (AvgIpc) is 2.65. The Morgan fingerprint density at radius 1 is 1.53 bits per heavy atom. The van der Waals surface area contributed by atoms with Gasteiger partial charge in [-0.05, 0) is 25.1 Å². The van der Waals surface area contributed by atoms with Gasteiger partial charge in [0.2, 0.25) is 0 Å². The molecule has 0 saturated carbocycles. The first-order valence-corrected chi connectivity index (χ1v) is 5.47. The molecule has 2 N–H and O–H groups in total. The summed E-state index contributed by atoms with van der Waals surface area (Å²) in [4.78, 5) is 4.15. The van der Waals surface area contributed by atoms with Crippen molar-refractivity contribution in [2.24, 2.45) is 5.73 Å². The Hall–Kier alpha value is -1.46. The highest BCUT2D eigenvalue weighted by atomic mass is 35.5. The third kappa shape index (κ3) is 2.81. The fourth-order valence-corrected chi connectivity index (χ4v) is 1.65. The molecule has 0 spiro atoms. The van der Waals surface area contributed by atoms with Crippen LogP contribution in [0.2, 0.25) is 5.02 Å². The van der Waals surface area contributed by atoms with Gasteiger partial charge >= 0.3 is 0 Å². The van der Waals surface area contributed by atoms with Crippen molar-refractivity contribution in [2.45, 2.75) is 19.4 Å². The van der Waals surface area contributed by atoms with Gasteiger partial charge in [0.05, 0.1) is 10.6 Å². The molecule has 4 nitrogen and oxygen atoms in total. The van der Waals surface area contributed by atoms with Crippen molar-refractivity contribution in [1.82, 2.24) is 10.1 Å². The second-order valence-corrected chi connectivity index (χ2v) is 4.23. The fourth-order valence-electron chi connectivity index (χ4n) is 1.40. The Balaban J connectivity index is 2.30. The molecule has 1 aromatic heterocycles. The van der Waals surface area contributed by atoms with Crippen molar-refractivity contribution in [3.05, 3.63) is 34.9 Å². The molecule has 0 saturated heterocycles. The number of halogens is 2. The van der Waals surface area contributed by atoms with E-state index in [1.54, 1.807) is 0 Å². The molecular weight excluding hydrogens is 245 g/mol. The maximum Gasteiger partial charge on any atom is 0.259 e. The first kappa shape index (κ1) is 12.0. The molecule has 17 heavy (non-hydrogen) atoms. The minimum Gasteiger partial charge on any atom is -0.334 e. The Labute approximate surface area is 103 Å². The standard InChI is InChI=1S/C11H11ClFN3O/c1-6(14)4-10-15-11(17-16-10)8-3-2-7(13)5-9(8)12/h2-3,5-6H,4,14H2,1H3. The molecule has 0 radical (unpaired) electrons. The molecule has 2 rings (SSSR count). The topological polar surface area (TPSA) is 64.9 Å². The zero-order valence-corrected chi connectivity index (χ0v) is 9.91. The molecule has 0 aliphatic rings. The summed E-state index contributed by atoms with van der Waals surface area (Å²) in [5.41, 5.74) is 6.14. The van der Waals surface area contributed by atoms with E-state index in [1.807, 2.05) is 6.92 Å². The number of benzene rings is 1. The summed E-state index contributed by atoms with van der Waals surface area (Å²) in [6.07, 6.45) is 0.516. The van der Waals surface area contributed by atoms with Gasteiger partial charge in [-0.1, -0.05) is 16.8 Å². The number of nitrogens with two attached hydrogens (primary N) is 1. The first-order chi connectivity index (χ1) is 8.06. The molecule has 90 valence electrons. The molecule has 0 amide bonds. The SMILES string of the molecule is CC(N)Cc1noc(-c2ccc(F)cc2Cl)n1. The third-order valence-corrected chi connectivity index (χ3v) is 2.45. The molecule has 2 aromatic rings. The minimum absolute atomic E-state index is 0.0517. The van der Waals surface area contributed by atoms with E-state index >= 15 is 0 Å². The number of rotatable bonds is 3. The van der Waals surface area contributed by atoms with E-state index in [1.165, 1.54) is 18.2 Å². The predicted molar refractivity (Wildman–Crippen MR) is 62.1 cm³/mol. The van der Waals surface area contributed by atoms with Crippen molar-refractivity contribution in [3.8, 4) is 11.5 Å². The van der Waals surface area contributed by atoms with Crippen LogP contribution in [0.1, 0.15) is 12.7 Å². The van der Waals surface area contributed by atoms with Gasteiger partial charge in [-0.3, -0.25) is 0 Å². The van der Waals surface area contributed by atoms with Crippen LogP contribution in [-0.2, 0) is 6.42 Å². The summed E-state index contributed by atoms with van der Waals surface area (Å²) in [6, 6.07) is 3.94. The van der Waals surface area contributed by atoms with E-state index in [0.717, 1.165) is 0 Å². The van der Waals surface area contributed by atoms with Crippen LogP contribution in [0.15, 0.2) is 22.7 Å². The normalized spacial score (nSPS) is 12.7. The molecule has 6 heteroatoms. The lowest BCUT2D eigenvalue weighted by molar-refractivity contribution is 0.420. The monoisotopic (exact) mass is 255 g/mol. The predicted octanol–water partition coefficient (Wildman–Crippen LogP) is 2.42. The van der Waals surface area contributed by atoms with Crippen LogP contribution in [0, 0.1) is 5.82 Å². The van der Waals surface area contributed by atoms with Gasteiger partial charge < -0.3 is 10.3 Å². The van der Waals surface area contributed by atoms with Crippen LogP contribution >= 0.6 is 11.6 Å². The van der Waals surface area contributed by atoms with Crippen molar-refractivity contribution in [3.63, 3.8) is 0 Å². The zero-order valence-electron chi connectivity index (χ0n) is 9.15. The third-order valence-electron chi connectivity index (χ3n) is 2.13. The molecule has 1 unspecified atom stereocenters. The first-order valence-electron chi connectivity index (χ1n) is 5.10. The summed E-state index contributed by atoms with van der Waals surface area (Å²) in [6.45, 7) is 1.85. The maximum atomic E-state index is 12.9. The second kappa shape index (κ2) is 4.81. The highest BCUT2D eigenvalue weighted by Crippen LogP contribution is 2.27. The van der Waals surface area contributed by atoms with Crippen LogP contribution in [0.4, 0.5) is 4.39 Å². The number of nitrogens with zero attached hydrogens (tertiary/aromatic N) is 2. The molecular formula is C11H11ClFN3O. The Bertz CT molecular complexity index is 527. The van der Waals surface area contributed by atoms with Gasteiger partial charge in [0, 0.05) is 12.5 Å². The highest BCUT2D eigenvalue weighted by molar-refractivity contribution is 6.33. The lowest BCUT2D eigenvalue weighted by atomic mass is 10.2. The van der Waals surface area contributed by atoms with Crippen LogP contribution < -0.4 is 5.73 Å². The van der Waals surface area contributed by atoms with Crippen molar-refractivity contribution in [2.75, 3.05) is 0 Å². The lowest BCUT2D eigenvalue weighted by Gasteiger charge is -1.98. The Morgan fingerprint density at radius 2 is 2.29 bits per heavy atom. The summed E-state index contributed by atoms with van der Waals surface area (Å²) in [5.74, 6) is 0.370. The second-order valence-electron chi connectivity index (χ2n) is 3.82. The van der Waals surface area contributed by atoms with Crippen LogP contribution in [0.3, 0.4) is 0 Å². The quantitative estimate of drug-likeness (QED) is 0.915. The maximum absolute atomic E-state index is 12.9. The van der Waals surface area contributed by atoms with Crippen LogP contribution in [-0.4, -0.2) is 16.2 Å². The van der Waals surface area contributed by atoms with E-state index < -0.39 is 5.82 Å². The van der Waals surface area contributed by atoms with Crippen LogP contribution in [0.25, 0.3) is 11.5 Å². The molecule has 0 bridgehead atoms. The molecule has 0 aliphatic carbocycles. The van der Waals surface area contributed by atoms with E-state index in [9.17, 15) is 4.39 Å². The van der Waals surface area contributed by atoms with Crippen LogP contribution in [0.5, 0.6) is 0 Å². The summed E-state index contributed by atoms with van der Waals surface area (Å²) in [7, 11) is 0. The van der Waals surface area contributed by atoms with E-state index in [0.29, 0.717) is 17.8 Å². The van der Waals surface area contributed by atoms with E-state index in [4.69, 9.17) is 21.9 Å². The molecule has 0 fully saturated rings. The van der Waals surface area contributed by atoms with E-state index in [-0.39, 0.29) is 17.0 Å². The fraction of sp³-hybridized carbons (Fsp3) is 0.273. The van der Waals surface area contributed by atoms with Gasteiger partial charge in [-0.2, -0.15) is 4.98 Å². The van der Waals surface area contributed by atoms with Gasteiger partial charge in [0.1, 0.15) is 5.82 Å². The number of hydrogen-bond donors (Lipinski definition) is 1. The Morgan fingerprint density at radius 3 is 2.94 bits per heavy atom. The minimum atomic E-state index is -0.408. The number of aromatic nitrogens is 2. The average molecular weight is 256 g/mol. The zero-order chi connectivity index (χ0) is 12.4. The van der Waals surface area contributed by atoms with Crippen molar-refractivity contribution >= 4 is 11.6 Å². The molecule has 1 heterocycles. The van der Waals surface area contributed by atoms with Gasteiger partial charge in [-0.15, -0.1) is 0 Å². The van der Waals surface area contributed by atoms with E-state index in [2.05, 4.69) is 10.1 Å². The van der Waals surface area contributed by atoms with Gasteiger partial charge in [-0.25, -0.2) is 4.39 Å². The molecule has 0 aliphatic heterocycles. The highest BCUT2D eigenvalue weighted by Gasteiger charge is 2.13. The van der Waals surface area contributed by atoms with Crippen molar-refractivity contribution in [1.29, 1.82) is 0 Å². The Kier molecular flexibility index (Phi) is 3.40. The summed E-state index contributed by atoms with van der Waals surface area (Å²) in [5, 5.41) is 4.01. The lowest BCUT2D eigenvalue weighted by Crippen LogP contribution is -2.18. The van der Waals surface area contributed by atoms with Gasteiger partial charge in [0.25, 0.3) is 5.89 Å². The molecule has 1 atom stereocenters. The summed E-state index contributed by atoms with van der Waals surface area (Å²) < 4.78 is 17.9. The number of hydrogen-bond acceptors (Lipinski definition) is 4. The summed E-state index contributed by atoms with van der Waals surface area (Å²) >= 11 is 5.89. The largest absolute Gasteiger partial charge is 0.334 e. The smallest absolute Gasteiger partial charge is 0.259 e. The van der Waals surface area contributed by atoms with Gasteiger partial charge in [0.15, 0.2) is 5.82 Å². The van der Waals surface area contributed by atoms with Crippen molar-refractivity contribution < 1.29 is 8.91 Å². The molecule has 1 aromatic carbocycles.